The molecule has 0 radical (unpaired) electrons. The fourth-order valence-electron chi connectivity index (χ4n) is 3.35. The second-order valence-electron chi connectivity index (χ2n) is 7.91. The number of ketones is 1. The molecule has 34 heavy (non-hydrogen) atoms. The summed E-state index contributed by atoms with van der Waals surface area (Å²) < 4.78 is 1.75. The van der Waals surface area contributed by atoms with Gasteiger partial charge in [0.1, 0.15) is 0 Å². The van der Waals surface area contributed by atoms with Crippen molar-refractivity contribution in [1.82, 2.24) is 9.88 Å². The van der Waals surface area contributed by atoms with Crippen LogP contribution in [0.2, 0.25) is 0 Å². The third kappa shape index (κ3) is 9.92. The Hall–Kier alpha value is -3.58. The highest BCUT2D eigenvalue weighted by atomic mass is 16.1. The minimum Gasteiger partial charge on any atom is -0.346 e. The lowest BCUT2D eigenvalue weighted by Crippen LogP contribution is -2.11. The monoisotopic (exact) mass is 461 g/mol. The van der Waals surface area contributed by atoms with E-state index in [1.165, 1.54) is 0 Å². The number of aromatic nitrogens is 1. The zero-order valence-corrected chi connectivity index (χ0v) is 20.3. The number of Topliss-reactive ketones (excluding diaryl/α,β-unsaturated/α-hetero) is 1. The summed E-state index contributed by atoms with van der Waals surface area (Å²) in [6.07, 6.45) is 5.50. The van der Waals surface area contributed by atoms with Gasteiger partial charge < -0.3 is 15.2 Å². The molecule has 180 valence electrons. The van der Waals surface area contributed by atoms with E-state index in [4.69, 9.17) is 0 Å². The Balaban J connectivity index is 0.000000589. The van der Waals surface area contributed by atoms with Gasteiger partial charge in [0.2, 0.25) is 5.91 Å². The van der Waals surface area contributed by atoms with Crippen molar-refractivity contribution in [2.24, 2.45) is 17.3 Å². The van der Waals surface area contributed by atoms with E-state index in [-0.39, 0.29) is 11.7 Å². The molecule has 3 rings (SSSR count). The van der Waals surface area contributed by atoms with Crippen molar-refractivity contribution in [1.29, 1.82) is 0 Å². The van der Waals surface area contributed by atoms with Crippen LogP contribution in [0.1, 0.15) is 41.7 Å². The van der Waals surface area contributed by atoms with Crippen LogP contribution < -0.4 is 10.6 Å². The first-order valence-corrected chi connectivity index (χ1v) is 11.6. The second kappa shape index (κ2) is 15.3. The molecule has 0 spiro atoms. The lowest BCUT2D eigenvalue weighted by Gasteiger charge is -2.03. The van der Waals surface area contributed by atoms with Crippen LogP contribution in [0, 0.1) is 0 Å². The number of carbonyl (C=O) groups is 2. The standard InChI is InChI=1S/C21H29N5O2.C6H6/c1-22-12-6-4-5-7-21(28)24-18-14-19(26(3)15-18)20(27)13-16-8-10-17(11-9-16)25-23-2;1-2-4-6-5-3-1/h8-11,14-15,22H,4-7,12-13H2,1-3H3,(H,24,28);1-6H. The number of aryl methyl sites for hydroxylation is 1. The van der Waals surface area contributed by atoms with Crippen molar-refractivity contribution in [3.05, 3.63) is 84.2 Å². The van der Waals surface area contributed by atoms with Crippen LogP contribution in [-0.4, -0.2) is 36.9 Å². The molecule has 0 saturated heterocycles. The number of benzene rings is 2. The highest BCUT2D eigenvalue weighted by Crippen LogP contribution is 2.18. The molecule has 3 aromatic rings. The van der Waals surface area contributed by atoms with E-state index in [0.29, 0.717) is 24.2 Å². The Bertz CT molecular complexity index is 1000. The topological polar surface area (TPSA) is 87.8 Å². The summed E-state index contributed by atoms with van der Waals surface area (Å²) in [4.78, 5) is 24.7. The number of amides is 1. The number of hydrogen-bond donors (Lipinski definition) is 2. The van der Waals surface area contributed by atoms with Gasteiger partial charge in [-0.3, -0.25) is 9.59 Å². The number of anilines is 1. The van der Waals surface area contributed by atoms with Gasteiger partial charge in [0.25, 0.3) is 0 Å². The minimum atomic E-state index is -0.0188. The SMILES string of the molecule is CN=Nc1ccc(CC(=O)c2cc(NC(=O)CCCCCNC)cn2C)cc1.c1ccccc1. The molecular formula is C27H35N5O2. The van der Waals surface area contributed by atoms with Crippen LogP contribution in [0.25, 0.3) is 0 Å². The van der Waals surface area contributed by atoms with Crippen molar-refractivity contribution in [2.75, 3.05) is 26.0 Å². The van der Waals surface area contributed by atoms with Gasteiger partial charge in [0.15, 0.2) is 5.78 Å². The van der Waals surface area contributed by atoms with E-state index in [0.717, 1.165) is 37.1 Å². The van der Waals surface area contributed by atoms with Gasteiger partial charge in [-0.05, 0) is 50.2 Å². The average Bonchev–Trinajstić information content (AvgIpc) is 3.21. The van der Waals surface area contributed by atoms with Gasteiger partial charge in [-0.15, -0.1) is 0 Å². The van der Waals surface area contributed by atoms with Crippen LogP contribution in [0.5, 0.6) is 0 Å². The zero-order valence-electron chi connectivity index (χ0n) is 20.3. The first kappa shape index (κ1) is 26.7. The molecule has 1 amide bonds. The molecule has 0 bridgehead atoms. The van der Waals surface area contributed by atoms with E-state index in [1.807, 2.05) is 74.8 Å². The normalized spacial score (nSPS) is 10.6. The van der Waals surface area contributed by atoms with Gasteiger partial charge in [0, 0.05) is 33.1 Å². The summed E-state index contributed by atoms with van der Waals surface area (Å²) in [5.74, 6) is -0.0188. The molecule has 1 heterocycles. The summed E-state index contributed by atoms with van der Waals surface area (Å²) in [5, 5.41) is 13.7. The lowest BCUT2D eigenvalue weighted by atomic mass is 10.1. The Kier molecular flexibility index (Phi) is 12.0. The summed E-state index contributed by atoms with van der Waals surface area (Å²) in [6.45, 7) is 0.969. The van der Waals surface area contributed by atoms with Crippen LogP contribution in [0.3, 0.4) is 0 Å². The van der Waals surface area contributed by atoms with E-state index in [1.54, 1.807) is 23.9 Å². The number of nitrogens with zero attached hydrogens (tertiary/aromatic N) is 3. The molecular weight excluding hydrogens is 426 g/mol. The Morgan fingerprint density at radius 3 is 2.18 bits per heavy atom. The maximum atomic E-state index is 12.6. The molecule has 0 aliphatic carbocycles. The number of carbonyl (C=O) groups excluding carboxylic acids is 2. The maximum Gasteiger partial charge on any atom is 0.224 e. The van der Waals surface area contributed by atoms with Crippen LogP contribution >= 0.6 is 0 Å². The first-order valence-electron chi connectivity index (χ1n) is 11.6. The first-order chi connectivity index (χ1) is 16.5. The molecule has 7 heteroatoms. The molecule has 0 atom stereocenters. The largest absolute Gasteiger partial charge is 0.346 e. The van der Waals surface area contributed by atoms with Crippen molar-refractivity contribution >= 4 is 23.1 Å². The fraction of sp³-hybridized carbons (Fsp3) is 0.333. The molecule has 0 aliphatic rings. The van der Waals surface area contributed by atoms with Gasteiger partial charge in [-0.1, -0.05) is 55.0 Å². The smallest absolute Gasteiger partial charge is 0.224 e. The molecule has 0 fully saturated rings. The highest BCUT2D eigenvalue weighted by molar-refractivity contribution is 5.98. The zero-order chi connectivity index (χ0) is 24.6. The van der Waals surface area contributed by atoms with Gasteiger partial charge in [-0.2, -0.15) is 10.2 Å². The number of hydrogen-bond acceptors (Lipinski definition) is 5. The number of azo groups is 1. The van der Waals surface area contributed by atoms with Crippen molar-refractivity contribution in [2.45, 2.75) is 32.1 Å². The van der Waals surface area contributed by atoms with E-state index >= 15 is 0 Å². The summed E-state index contributed by atoms with van der Waals surface area (Å²) in [5.41, 5.74) is 2.90. The third-order valence-corrected chi connectivity index (χ3v) is 5.09. The van der Waals surface area contributed by atoms with E-state index in [2.05, 4.69) is 20.9 Å². The Morgan fingerprint density at radius 2 is 1.59 bits per heavy atom. The van der Waals surface area contributed by atoms with Gasteiger partial charge in [0.05, 0.1) is 17.1 Å². The van der Waals surface area contributed by atoms with Gasteiger partial charge in [-0.25, -0.2) is 0 Å². The van der Waals surface area contributed by atoms with Crippen molar-refractivity contribution in [3.8, 4) is 0 Å². The number of rotatable bonds is 11. The number of unbranched alkanes of at least 4 members (excludes halogenated alkanes) is 2. The Morgan fingerprint density at radius 1 is 0.941 bits per heavy atom. The highest BCUT2D eigenvalue weighted by Gasteiger charge is 2.14. The second-order valence-corrected chi connectivity index (χ2v) is 7.91. The van der Waals surface area contributed by atoms with Crippen LogP contribution in [-0.2, 0) is 18.3 Å². The quantitative estimate of drug-likeness (QED) is 0.222. The maximum absolute atomic E-state index is 12.6. The molecule has 1 aromatic heterocycles. The Labute approximate surface area is 202 Å². The number of nitrogens with one attached hydrogen (secondary N) is 2. The molecule has 0 saturated carbocycles. The predicted octanol–water partition coefficient (Wildman–Crippen LogP) is 5.57. The van der Waals surface area contributed by atoms with Gasteiger partial charge >= 0.3 is 0 Å². The molecule has 2 aromatic carbocycles. The lowest BCUT2D eigenvalue weighted by molar-refractivity contribution is -0.116. The molecule has 0 unspecified atom stereocenters. The van der Waals surface area contributed by atoms with Crippen molar-refractivity contribution in [3.63, 3.8) is 0 Å². The van der Waals surface area contributed by atoms with Crippen LogP contribution in [0.4, 0.5) is 11.4 Å². The molecule has 0 aliphatic heterocycles. The van der Waals surface area contributed by atoms with E-state index < -0.39 is 0 Å². The average molecular weight is 462 g/mol. The minimum absolute atomic E-state index is 0.0000626. The van der Waals surface area contributed by atoms with Crippen LogP contribution in [0.15, 0.2) is 83.2 Å². The summed E-state index contributed by atoms with van der Waals surface area (Å²) in [7, 11) is 5.35. The molecule has 7 nitrogen and oxygen atoms in total. The predicted molar refractivity (Wildman–Crippen MR) is 138 cm³/mol. The van der Waals surface area contributed by atoms with Crippen molar-refractivity contribution < 1.29 is 9.59 Å². The third-order valence-electron chi connectivity index (χ3n) is 5.09. The molecule has 2 N–H and O–H groups in total. The van der Waals surface area contributed by atoms with E-state index in [9.17, 15) is 9.59 Å². The fourth-order valence-corrected chi connectivity index (χ4v) is 3.35. The summed E-state index contributed by atoms with van der Waals surface area (Å²) >= 11 is 0. The summed E-state index contributed by atoms with van der Waals surface area (Å²) in [6, 6.07) is 21.2.